The van der Waals surface area contributed by atoms with Crippen LogP contribution in [0.3, 0.4) is 0 Å². The van der Waals surface area contributed by atoms with Crippen LogP contribution in [-0.4, -0.2) is 67.0 Å². The number of hydrogen-bond acceptors (Lipinski definition) is 5. The molecule has 0 bridgehead atoms. The number of nitrogens with zero attached hydrogens (tertiary/aromatic N) is 3. The average Bonchev–Trinajstić information content (AvgIpc) is 2.97. The Hall–Kier alpha value is -1.51. The maximum atomic E-state index is 12.7. The Morgan fingerprint density at radius 3 is 2.70 bits per heavy atom. The van der Waals surface area contributed by atoms with Gasteiger partial charge in [-0.3, -0.25) is 14.7 Å². The molecule has 2 aliphatic rings. The summed E-state index contributed by atoms with van der Waals surface area (Å²) >= 11 is 0. The Morgan fingerprint density at radius 2 is 2.07 bits per heavy atom. The molecule has 0 radical (unpaired) electrons. The number of likely N-dealkylation sites (tertiary alicyclic amines) is 1. The van der Waals surface area contributed by atoms with Gasteiger partial charge in [0.25, 0.3) is 0 Å². The van der Waals surface area contributed by atoms with E-state index in [1.807, 2.05) is 32.2 Å². The zero-order valence-corrected chi connectivity index (χ0v) is 17.0. The van der Waals surface area contributed by atoms with E-state index in [1.54, 1.807) is 10.5 Å². The highest BCUT2D eigenvalue weighted by Gasteiger charge is 2.47. The highest BCUT2D eigenvalue weighted by Crippen LogP contribution is 2.43. The second-order valence-corrected chi connectivity index (χ2v) is 9.98. The molecule has 1 aromatic heterocycles. The van der Waals surface area contributed by atoms with Crippen LogP contribution in [0.4, 0.5) is 0 Å². The number of rotatable bonds is 6. The molecule has 8 heteroatoms. The fraction of sp³-hybridized carbons (Fsp3) is 0.684. The number of pyridine rings is 1. The third-order valence-electron chi connectivity index (χ3n) is 5.85. The number of sulfonamides is 1. The number of hydrogen-bond donors (Lipinski definition) is 1. The van der Waals surface area contributed by atoms with Gasteiger partial charge in [0.15, 0.2) is 0 Å². The van der Waals surface area contributed by atoms with E-state index < -0.39 is 10.0 Å². The first-order valence-electron chi connectivity index (χ1n) is 9.71. The van der Waals surface area contributed by atoms with Crippen LogP contribution in [0.1, 0.15) is 38.3 Å². The lowest BCUT2D eigenvalue weighted by molar-refractivity contribution is -0.125. The second-order valence-electron chi connectivity index (χ2n) is 7.89. The SMILES string of the molecule is CCCS(=O)(=O)N1CCC2(CC1)CC(C(=O)NCc1ccccn1)N(C)C2. The monoisotopic (exact) mass is 394 g/mol. The summed E-state index contributed by atoms with van der Waals surface area (Å²) in [5.74, 6) is 0.249. The van der Waals surface area contributed by atoms with Gasteiger partial charge in [-0.15, -0.1) is 0 Å². The van der Waals surface area contributed by atoms with E-state index in [9.17, 15) is 13.2 Å². The van der Waals surface area contributed by atoms with Crippen LogP contribution in [0.25, 0.3) is 0 Å². The van der Waals surface area contributed by atoms with Crippen LogP contribution in [0.15, 0.2) is 24.4 Å². The first kappa shape index (κ1) is 20.2. The van der Waals surface area contributed by atoms with Gasteiger partial charge in [0.05, 0.1) is 24.0 Å². The van der Waals surface area contributed by atoms with Crippen LogP contribution in [0.5, 0.6) is 0 Å². The molecule has 0 aliphatic carbocycles. The molecule has 27 heavy (non-hydrogen) atoms. The summed E-state index contributed by atoms with van der Waals surface area (Å²) in [7, 11) is -1.14. The van der Waals surface area contributed by atoms with Crippen molar-refractivity contribution in [1.82, 2.24) is 19.5 Å². The summed E-state index contributed by atoms with van der Waals surface area (Å²) in [6, 6.07) is 5.50. The summed E-state index contributed by atoms with van der Waals surface area (Å²) in [4.78, 5) is 19.0. The van der Waals surface area contributed by atoms with E-state index in [-0.39, 0.29) is 23.1 Å². The molecule has 150 valence electrons. The summed E-state index contributed by atoms with van der Waals surface area (Å²) < 4.78 is 26.2. The van der Waals surface area contributed by atoms with Crippen molar-refractivity contribution in [3.8, 4) is 0 Å². The molecule has 1 atom stereocenters. The van der Waals surface area contributed by atoms with Gasteiger partial charge in [0.1, 0.15) is 0 Å². The number of amides is 1. The Labute approximate surface area is 162 Å². The third-order valence-corrected chi connectivity index (χ3v) is 7.93. The average molecular weight is 395 g/mol. The number of aromatic nitrogens is 1. The standard InChI is InChI=1S/C19H30N4O3S/c1-3-12-27(25,26)23-10-7-19(8-11-23)13-17(22(2)15-19)18(24)21-14-16-6-4-5-9-20-16/h4-6,9,17H,3,7-8,10-15H2,1-2H3,(H,21,24). The molecular formula is C19H30N4O3S. The van der Waals surface area contributed by atoms with Crippen molar-refractivity contribution in [2.24, 2.45) is 5.41 Å². The third kappa shape index (κ3) is 4.67. The van der Waals surface area contributed by atoms with Gasteiger partial charge in [-0.25, -0.2) is 12.7 Å². The maximum absolute atomic E-state index is 12.7. The first-order valence-corrected chi connectivity index (χ1v) is 11.3. The van der Waals surface area contributed by atoms with Gasteiger partial charge in [0, 0.05) is 25.8 Å². The number of nitrogens with one attached hydrogen (secondary N) is 1. The van der Waals surface area contributed by atoms with Crippen LogP contribution < -0.4 is 5.32 Å². The van der Waals surface area contributed by atoms with E-state index in [2.05, 4.69) is 15.2 Å². The molecule has 0 aromatic carbocycles. The minimum atomic E-state index is -3.13. The zero-order valence-electron chi connectivity index (χ0n) is 16.2. The summed E-state index contributed by atoms with van der Waals surface area (Å²) in [6.07, 6.45) is 4.80. The van der Waals surface area contributed by atoms with Crippen LogP contribution in [0.2, 0.25) is 0 Å². The van der Waals surface area contributed by atoms with Crippen molar-refractivity contribution in [1.29, 1.82) is 0 Å². The predicted molar refractivity (Wildman–Crippen MR) is 104 cm³/mol. The fourth-order valence-electron chi connectivity index (χ4n) is 4.35. The van der Waals surface area contributed by atoms with Gasteiger partial charge in [-0.05, 0) is 50.3 Å². The Kier molecular flexibility index (Phi) is 6.18. The lowest BCUT2D eigenvalue weighted by Crippen LogP contribution is -2.44. The topological polar surface area (TPSA) is 82.6 Å². The molecule has 1 spiro atoms. The maximum Gasteiger partial charge on any atom is 0.237 e. The van der Waals surface area contributed by atoms with Gasteiger partial charge < -0.3 is 5.32 Å². The molecule has 3 rings (SSSR count). The second kappa shape index (κ2) is 8.24. The van der Waals surface area contributed by atoms with Gasteiger partial charge in [-0.2, -0.15) is 0 Å². The zero-order chi connectivity index (χ0) is 19.5. The number of piperidine rings is 1. The minimum Gasteiger partial charge on any atom is -0.349 e. The van der Waals surface area contributed by atoms with Crippen LogP contribution in [0, 0.1) is 5.41 Å². The van der Waals surface area contributed by atoms with Crippen LogP contribution >= 0.6 is 0 Å². The highest BCUT2D eigenvalue weighted by molar-refractivity contribution is 7.89. The van der Waals surface area contributed by atoms with Crippen molar-refractivity contribution in [3.05, 3.63) is 30.1 Å². The molecule has 0 saturated carbocycles. The summed E-state index contributed by atoms with van der Waals surface area (Å²) in [6.45, 7) is 4.30. The van der Waals surface area contributed by atoms with Crippen molar-refractivity contribution < 1.29 is 13.2 Å². The Morgan fingerprint density at radius 1 is 1.33 bits per heavy atom. The van der Waals surface area contributed by atoms with E-state index in [0.29, 0.717) is 26.1 Å². The van der Waals surface area contributed by atoms with Crippen molar-refractivity contribution in [2.45, 2.75) is 45.2 Å². The van der Waals surface area contributed by atoms with Crippen LogP contribution in [-0.2, 0) is 21.4 Å². The lowest BCUT2D eigenvalue weighted by atomic mass is 9.77. The van der Waals surface area contributed by atoms with E-state index in [0.717, 1.165) is 31.5 Å². The molecule has 1 N–H and O–H groups in total. The van der Waals surface area contributed by atoms with Crippen molar-refractivity contribution >= 4 is 15.9 Å². The molecule has 1 aromatic rings. The molecule has 3 heterocycles. The number of likely N-dealkylation sites (N-methyl/N-ethyl adjacent to an activating group) is 1. The quantitative estimate of drug-likeness (QED) is 0.785. The summed E-state index contributed by atoms with van der Waals surface area (Å²) in [5.41, 5.74) is 0.885. The number of carbonyl (C=O) groups is 1. The lowest BCUT2D eigenvalue weighted by Gasteiger charge is -2.38. The van der Waals surface area contributed by atoms with Gasteiger partial charge >= 0.3 is 0 Å². The van der Waals surface area contributed by atoms with E-state index in [4.69, 9.17) is 0 Å². The summed E-state index contributed by atoms with van der Waals surface area (Å²) in [5, 5.41) is 2.99. The molecule has 1 unspecified atom stereocenters. The minimum absolute atomic E-state index is 0.0288. The molecule has 2 fully saturated rings. The largest absolute Gasteiger partial charge is 0.349 e. The highest BCUT2D eigenvalue weighted by atomic mass is 32.2. The Balaban J connectivity index is 1.56. The molecule has 1 amide bonds. The van der Waals surface area contributed by atoms with E-state index in [1.165, 1.54) is 0 Å². The van der Waals surface area contributed by atoms with Gasteiger partial charge in [0.2, 0.25) is 15.9 Å². The normalized spacial score (nSPS) is 23.6. The molecule has 2 saturated heterocycles. The van der Waals surface area contributed by atoms with Crippen molar-refractivity contribution in [3.63, 3.8) is 0 Å². The van der Waals surface area contributed by atoms with E-state index >= 15 is 0 Å². The predicted octanol–water partition coefficient (Wildman–Crippen LogP) is 1.22. The number of carbonyl (C=O) groups excluding carboxylic acids is 1. The molecule has 2 aliphatic heterocycles. The molecular weight excluding hydrogens is 364 g/mol. The van der Waals surface area contributed by atoms with Gasteiger partial charge in [-0.1, -0.05) is 13.0 Å². The first-order chi connectivity index (χ1) is 12.9. The smallest absolute Gasteiger partial charge is 0.237 e. The van der Waals surface area contributed by atoms with Crippen molar-refractivity contribution in [2.75, 3.05) is 32.4 Å². The molecule has 7 nitrogen and oxygen atoms in total. The fourth-order valence-corrected chi connectivity index (χ4v) is 5.86. The Bertz CT molecular complexity index is 745.